The summed E-state index contributed by atoms with van der Waals surface area (Å²) < 4.78 is 12.5. The van der Waals surface area contributed by atoms with Crippen molar-refractivity contribution >= 4 is 11.6 Å². The van der Waals surface area contributed by atoms with Gasteiger partial charge in [0, 0.05) is 6.07 Å². The number of hydrogen-bond donors (Lipinski definition) is 1. The molecule has 11 heavy (non-hydrogen) atoms. The Kier molecular flexibility index (Phi) is 1.97. The Balaban J connectivity index is 3.35. The zero-order valence-corrected chi connectivity index (χ0v) is 6.06. The van der Waals surface area contributed by atoms with Crippen LogP contribution in [0, 0.1) is 17.1 Å². The molecule has 0 aromatic heterocycles. The molecule has 1 aromatic carbocycles. The summed E-state index contributed by atoms with van der Waals surface area (Å²) in [5.74, 6) is -1.13. The minimum Gasteiger partial charge on any atom is -0.506 e. The number of nitrogens with zero attached hydrogens (tertiary/aromatic N) is 1. The Morgan fingerprint density at radius 3 is 2.73 bits per heavy atom. The molecule has 0 saturated carbocycles. The minimum absolute atomic E-state index is 0.0311. The molecule has 1 aromatic rings. The maximum Gasteiger partial charge on any atom is 0.145 e. The van der Waals surface area contributed by atoms with Crippen LogP contribution < -0.4 is 0 Å². The molecule has 0 atom stereocenters. The van der Waals surface area contributed by atoms with E-state index in [2.05, 4.69) is 0 Å². The highest BCUT2D eigenvalue weighted by molar-refractivity contribution is 6.30. The monoisotopic (exact) mass is 171 g/mol. The molecule has 2 nitrogen and oxygen atoms in total. The van der Waals surface area contributed by atoms with E-state index in [9.17, 15) is 4.39 Å². The number of phenolic OH excluding ortho intramolecular Hbond substituents is 1. The Morgan fingerprint density at radius 2 is 2.18 bits per heavy atom. The molecule has 56 valence electrons. The summed E-state index contributed by atoms with van der Waals surface area (Å²) in [5.41, 5.74) is -0.0311. The van der Waals surface area contributed by atoms with Crippen LogP contribution in [0.2, 0.25) is 5.02 Å². The maximum atomic E-state index is 12.5. The fourth-order valence-electron chi connectivity index (χ4n) is 0.626. The van der Waals surface area contributed by atoms with E-state index in [-0.39, 0.29) is 10.6 Å². The minimum atomic E-state index is -0.733. The summed E-state index contributed by atoms with van der Waals surface area (Å²) in [4.78, 5) is 0. The van der Waals surface area contributed by atoms with Gasteiger partial charge in [0.25, 0.3) is 0 Å². The lowest BCUT2D eigenvalue weighted by Gasteiger charge is -1.96. The van der Waals surface area contributed by atoms with Crippen molar-refractivity contribution in [3.8, 4) is 11.8 Å². The second-order valence-electron chi connectivity index (χ2n) is 1.90. The molecule has 0 aliphatic rings. The van der Waals surface area contributed by atoms with Gasteiger partial charge in [-0.2, -0.15) is 5.26 Å². The summed E-state index contributed by atoms with van der Waals surface area (Å²) in [7, 11) is 0. The number of aromatic hydroxyl groups is 1. The standard InChI is InChI=1S/C7H3ClFNO/c8-5-1-4(3-10)7(11)2-6(5)9/h1-2,11H. The van der Waals surface area contributed by atoms with Crippen molar-refractivity contribution in [2.24, 2.45) is 0 Å². The molecule has 0 saturated heterocycles. The van der Waals surface area contributed by atoms with Crippen molar-refractivity contribution in [2.45, 2.75) is 0 Å². The van der Waals surface area contributed by atoms with E-state index < -0.39 is 11.6 Å². The highest BCUT2D eigenvalue weighted by Gasteiger charge is 2.05. The molecule has 4 heteroatoms. The Bertz CT molecular complexity index is 332. The van der Waals surface area contributed by atoms with Crippen LogP contribution in [0.5, 0.6) is 5.75 Å². The average molecular weight is 172 g/mol. The van der Waals surface area contributed by atoms with E-state index in [4.69, 9.17) is 22.0 Å². The molecule has 0 amide bonds. The third-order valence-corrected chi connectivity index (χ3v) is 1.45. The molecule has 0 heterocycles. The Labute approximate surface area is 67.5 Å². The summed E-state index contributed by atoms with van der Waals surface area (Å²) >= 11 is 5.33. The van der Waals surface area contributed by atoms with Crippen LogP contribution >= 0.6 is 11.6 Å². The third kappa shape index (κ3) is 1.41. The first kappa shape index (κ1) is 7.83. The predicted molar refractivity (Wildman–Crippen MR) is 37.8 cm³/mol. The quantitative estimate of drug-likeness (QED) is 0.649. The molecule has 1 rings (SSSR count). The predicted octanol–water partition coefficient (Wildman–Crippen LogP) is 2.06. The molecule has 1 N–H and O–H groups in total. The van der Waals surface area contributed by atoms with Crippen LogP contribution in [0.3, 0.4) is 0 Å². The summed E-state index contributed by atoms with van der Waals surface area (Å²) in [6, 6.07) is 3.54. The number of rotatable bonds is 0. The molecule has 0 radical (unpaired) electrons. The number of hydrogen-bond acceptors (Lipinski definition) is 2. The van der Waals surface area contributed by atoms with Crippen molar-refractivity contribution in [1.82, 2.24) is 0 Å². The van der Waals surface area contributed by atoms with Crippen molar-refractivity contribution in [3.05, 3.63) is 28.5 Å². The van der Waals surface area contributed by atoms with Crippen LogP contribution in [0.15, 0.2) is 12.1 Å². The molecule has 0 aliphatic carbocycles. The summed E-state index contributed by atoms with van der Waals surface area (Å²) in [6.45, 7) is 0. The zero-order valence-electron chi connectivity index (χ0n) is 5.31. The normalized spacial score (nSPS) is 9.18. The van der Waals surface area contributed by atoms with Crippen molar-refractivity contribution in [2.75, 3.05) is 0 Å². The van der Waals surface area contributed by atoms with Crippen LogP contribution in [-0.2, 0) is 0 Å². The fourth-order valence-corrected chi connectivity index (χ4v) is 0.790. The summed E-state index contributed by atoms with van der Waals surface area (Å²) in [6.07, 6.45) is 0. The van der Waals surface area contributed by atoms with E-state index in [0.29, 0.717) is 0 Å². The van der Waals surface area contributed by atoms with Crippen LogP contribution in [0.25, 0.3) is 0 Å². The van der Waals surface area contributed by atoms with Crippen molar-refractivity contribution < 1.29 is 9.50 Å². The van der Waals surface area contributed by atoms with Gasteiger partial charge in [-0.05, 0) is 6.07 Å². The Hall–Kier alpha value is -1.27. The van der Waals surface area contributed by atoms with Gasteiger partial charge < -0.3 is 5.11 Å². The second-order valence-corrected chi connectivity index (χ2v) is 2.30. The first-order valence-corrected chi connectivity index (χ1v) is 3.11. The van der Waals surface area contributed by atoms with Crippen LogP contribution in [-0.4, -0.2) is 5.11 Å². The number of benzene rings is 1. The number of halogens is 2. The van der Waals surface area contributed by atoms with Gasteiger partial charge in [-0.1, -0.05) is 11.6 Å². The second kappa shape index (κ2) is 2.77. The van der Waals surface area contributed by atoms with E-state index >= 15 is 0 Å². The number of nitriles is 1. The lowest BCUT2D eigenvalue weighted by Crippen LogP contribution is -1.81. The SMILES string of the molecule is N#Cc1cc(Cl)c(F)cc1O. The van der Waals surface area contributed by atoms with E-state index in [1.165, 1.54) is 0 Å². The lowest BCUT2D eigenvalue weighted by molar-refractivity contribution is 0.467. The highest BCUT2D eigenvalue weighted by Crippen LogP contribution is 2.23. The molecule has 0 bridgehead atoms. The molecule has 0 unspecified atom stereocenters. The van der Waals surface area contributed by atoms with Gasteiger partial charge in [0.1, 0.15) is 17.6 Å². The van der Waals surface area contributed by atoms with Gasteiger partial charge in [-0.3, -0.25) is 0 Å². The number of phenols is 1. The largest absolute Gasteiger partial charge is 0.506 e. The van der Waals surface area contributed by atoms with Crippen molar-refractivity contribution in [3.63, 3.8) is 0 Å². The van der Waals surface area contributed by atoms with Gasteiger partial charge in [-0.25, -0.2) is 4.39 Å². The fraction of sp³-hybridized carbons (Fsp3) is 0. The maximum absolute atomic E-state index is 12.5. The van der Waals surface area contributed by atoms with Crippen molar-refractivity contribution in [1.29, 1.82) is 5.26 Å². The highest BCUT2D eigenvalue weighted by atomic mass is 35.5. The Morgan fingerprint density at radius 1 is 1.55 bits per heavy atom. The lowest BCUT2D eigenvalue weighted by atomic mass is 10.2. The first-order valence-electron chi connectivity index (χ1n) is 2.73. The van der Waals surface area contributed by atoms with E-state index in [1.54, 1.807) is 6.07 Å². The van der Waals surface area contributed by atoms with Gasteiger partial charge in [0.2, 0.25) is 0 Å². The van der Waals surface area contributed by atoms with Gasteiger partial charge in [0.15, 0.2) is 0 Å². The molecule has 0 spiro atoms. The first-order chi connectivity index (χ1) is 5.15. The summed E-state index contributed by atoms with van der Waals surface area (Å²) in [5, 5.41) is 17.1. The third-order valence-electron chi connectivity index (χ3n) is 1.16. The molecular formula is C7H3ClFNO. The van der Waals surface area contributed by atoms with Crippen LogP contribution in [0.1, 0.15) is 5.56 Å². The zero-order chi connectivity index (χ0) is 8.43. The molecular weight excluding hydrogens is 169 g/mol. The van der Waals surface area contributed by atoms with Crippen LogP contribution in [0.4, 0.5) is 4.39 Å². The van der Waals surface area contributed by atoms with Gasteiger partial charge in [0.05, 0.1) is 10.6 Å². The van der Waals surface area contributed by atoms with Gasteiger partial charge in [-0.15, -0.1) is 0 Å². The topological polar surface area (TPSA) is 44.0 Å². The average Bonchev–Trinajstić information content (AvgIpc) is 1.97. The smallest absolute Gasteiger partial charge is 0.145 e. The van der Waals surface area contributed by atoms with E-state index in [0.717, 1.165) is 12.1 Å². The van der Waals surface area contributed by atoms with Gasteiger partial charge >= 0.3 is 0 Å². The molecule has 0 fully saturated rings. The molecule has 0 aliphatic heterocycles. The van der Waals surface area contributed by atoms with E-state index in [1.807, 2.05) is 0 Å².